The molecule has 0 aliphatic heterocycles. The van der Waals surface area contributed by atoms with Gasteiger partial charge in [-0.05, 0) is 61.2 Å². The quantitative estimate of drug-likeness (QED) is 0.215. The van der Waals surface area contributed by atoms with Crippen LogP contribution in [0.1, 0.15) is 55.0 Å². The van der Waals surface area contributed by atoms with Gasteiger partial charge < -0.3 is 15.6 Å². The van der Waals surface area contributed by atoms with Crippen molar-refractivity contribution >= 4 is 52.3 Å². The zero-order chi connectivity index (χ0) is 22.7. The summed E-state index contributed by atoms with van der Waals surface area (Å²) in [6.07, 6.45) is 4.98. The number of carbonyl (C=O) groups is 1. The molecule has 4 N–H and O–H groups in total. The number of hydrogen-bond acceptors (Lipinski definition) is 4. The van der Waals surface area contributed by atoms with Gasteiger partial charge in [0, 0.05) is 36.0 Å². The topological polar surface area (TPSA) is 96.8 Å². The zero-order valence-electron chi connectivity index (χ0n) is 18.8. The van der Waals surface area contributed by atoms with Gasteiger partial charge in [-0.1, -0.05) is 18.9 Å². The zero-order valence-corrected chi connectivity index (χ0v) is 20.4. The summed E-state index contributed by atoms with van der Waals surface area (Å²) in [6.45, 7) is 0.562. The van der Waals surface area contributed by atoms with Crippen LogP contribution in [0, 0.1) is 11.3 Å². The van der Waals surface area contributed by atoms with Crippen LogP contribution in [0.25, 0.3) is 11.0 Å². The van der Waals surface area contributed by atoms with Gasteiger partial charge in [0.1, 0.15) is 17.4 Å². The first-order valence-corrected chi connectivity index (χ1v) is 11.7. The Morgan fingerprint density at radius 3 is 2.58 bits per heavy atom. The summed E-state index contributed by atoms with van der Waals surface area (Å²) in [5.41, 5.74) is 10.1. The number of imidazole rings is 1. The standard InChI is InChI=1S/C25H30ClN5O.ClH/c1-31-22-11-8-18(20(12-13-26)24(32)16-4-2-3-5-16)14-21(22)30-23(31)15-29-19-9-6-17(7-10-19)25(27)28;/h6-11,14,16,20,29H,2-5,12-13,15H2,1H3,(H3,27,28);1H. The van der Waals surface area contributed by atoms with Crippen molar-refractivity contribution in [2.45, 2.75) is 44.6 Å². The molecule has 4 rings (SSSR count). The van der Waals surface area contributed by atoms with E-state index in [0.717, 1.165) is 53.8 Å². The van der Waals surface area contributed by atoms with E-state index in [-0.39, 0.29) is 30.1 Å². The number of nitrogens with two attached hydrogens (primary N) is 1. The van der Waals surface area contributed by atoms with Crippen LogP contribution in [0.3, 0.4) is 0 Å². The molecule has 0 saturated heterocycles. The molecule has 1 fully saturated rings. The van der Waals surface area contributed by atoms with E-state index < -0.39 is 0 Å². The first-order valence-electron chi connectivity index (χ1n) is 11.2. The Hall–Kier alpha value is -2.57. The van der Waals surface area contributed by atoms with E-state index in [0.29, 0.717) is 30.2 Å². The lowest BCUT2D eigenvalue weighted by molar-refractivity contribution is -0.124. The molecule has 1 aliphatic rings. The number of anilines is 1. The smallest absolute Gasteiger partial charge is 0.143 e. The number of nitrogens with zero attached hydrogens (tertiary/aromatic N) is 2. The Bertz CT molecular complexity index is 1120. The summed E-state index contributed by atoms with van der Waals surface area (Å²) >= 11 is 6.07. The van der Waals surface area contributed by atoms with Crippen LogP contribution in [0.5, 0.6) is 0 Å². The fourth-order valence-corrected chi connectivity index (χ4v) is 4.89. The van der Waals surface area contributed by atoms with Crippen molar-refractivity contribution in [3.63, 3.8) is 0 Å². The second-order valence-electron chi connectivity index (χ2n) is 8.59. The number of ketones is 1. The summed E-state index contributed by atoms with van der Waals surface area (Å²) < 4.78 is 2.07. The average Bonchev–Trinajstić information content (AvgIpc) is 3.44. The highest BCUT2D eigenvalue weighted by atomic mass is 35.5. The molecular formula is C25H31Cl2N5O. The molecule has 1 saturated carbocycles. The van der Waals surface area contributed by atoms with Gasteiger partial charge >= 0.3 is 0 Å². The number of hydrogen-bond donors (Lipinski definition) is 3. The van der Waals surface area contributed by atoms with Gasteiger partial charge in [0.2, 0.25) is 0 Å². The number of rotatable bonds is 9. The molecule has 8 heteroatoms. The maximum absolute atomic E-state index is 13.2. The molecule has 0 radical (unpaired) electrons. The molecule has 1 heterocycles. The molecule has 1 aromatic heterocycles. The largest absolute Gasteiger partial charge is 0.384 e. The van der Waals surface area contributed by atoms with Crippen molar-refractivity contribution in [1.82, 2.24) is 9.55 Å². The lowest BCUT2D eigenvalue weighted by atomic mass is 9.84. The third kappa shape index (κ3) is 5.50. The second kappa shape index (κ2) is 11.0. The minimum atomic E-state index is -0.150. The van der Waals surface area contributed by atoms with Crippen molar-refractivity contribution in [2.24, 2.45) is 18.7 Å². The van der Waals surface area contributed by atoms with Crippen molar-refractivity contribution in [3.05, 3.63) is 59.4 Å². The highest BCUT2D eigenvalue weighted by molar-refractivity contribution is 6.18. The van der Waals surface area contributed by atoms with E-state index in [4.69, 9.17) is 27.7 Å². The van der Waals surface area contributed by atoms with Crippen LogP contribution in [0.15, 0.2) is 42.5 Å². The number of benzene rings is 2. The lowest BCUT2D eigenvalue weighted by Gasteiger charge is -2.19. The van der Waals surface area contributed by atoms with Crippen LogP contribution < -0.4 is 11.1 Å². The predicted molar refractivity (Wildman–Crippen MR) is 138 cm³/mol. The highest BCUT2D eigenvalue weighted by Crippen LogP contribution is 2.34. The van der Waals surface area contributed by atoms with Crippen molar-refractivity contribution in [2.75, 3.05) is 11.2 Å². The lowest BCUT2D eigenvalue weighted by Crippen LogP contribution is -2.20. The van der Waals surface area contributed by atoms with Gasteiger partial charge in [0.15, 0.2) is 0 Å². The van der Waals surface area contributed by atoms with E-state index in [1.807, 2.05) is 31.3 Å². The van der Waals surface area contributed by atoms with E-state index in [1.54, 1.807) is 0 Å². The molecule has 0 amide bonds. The second-order valence-corrected chi connectivity index (χ2v) is 8.97. The Kier molecular flexibility index (Phi) is 8.38. The molecule has 33 heavy (non-hydrogen) atoms. The van der Waals surface area contributed by atoms with Gasteiger partial charge in [-0.15, -0.1) is 24.0 Å². The minimum absolute atomic E-state index is 0. The number of nitrogen functional groups attached to an aromatic ring is 1. The predicted octanol–water partition coefficient (Wildman–Crippen LogP) is 5.36. The molecule has 1 aliphatic carbocycles. The van der Waals surface area contributed by atoms with Gasteiger partial charge in [0.25, 0.3) is 0 Å². The van der Waals surface area contributed by atoms with E-state index >= 15 is 0 Å². The molecule has 2 aromatic carbocycles. The Labute approximate surface area is 205 Å². The number of nitrogens with one attached hydrogen (secondary N) is 2. The fraction of sp³-hybridized carbons (Fsp3) is 0.400. The summed E-state index contributed by atoms with van der Waals surface area (Å²) in [5, 5.41) is 10.9. The van der Waals surface area contributed by atoms with Crippen LogP contribution in [0.2, 0.25) is 0 Å². The molecule has 0 spiro atoms. The van der Waals surface area contributed by atoms with Gasteiger partial charge in [-0.2, -0.15) is 0 Å². The van der Waals surface area contributed by atoms with E-state index in [2.05, 4.69) is 28.1 Å². The van der Waals surface area contributed by atoms with E-state index in [1.165, 1.54) is 0 Å². The number of fused-ring (bicyclic) bond motifs is 1. The van der Waals surface area contributed by atoms with Crippen LogP contribution in [-0.4, -0.2) is 27.0 Å². The summed E-state index contributed by atoms with van der Waals surface area (Å²) in [5.74, 6) is 1.81. The van der Waals surface area contributed by atoms with Crippen molar-refractivity contribution in [3.8, 4) is 0 Å². The Morgan fingerprint density at radius 2 is 1.94 bits per heavy atom. The molecular weight excluding hydrogens is 457 g/mol. The maximum atomic E-state index is 13.2. The van der Waals surface area contributed by atoms with Crippen LogP contribution in [0.4, 0.5) is 5.69 Å². The molecule has 1 atom stereocenters. The average molecular weight is 488 g/mol. The highest BCUT2D eigenvalue weighted by Gasteiger charge is 2.30. The number of amidine groups is 1. The Balaban J connectivity index is 0.00000306. The summed E-state index contributed by atoms with van der Waals surface area (Å²) in [4.78, 5) is 18.0. The van der Waals surface area contributed by atoms with Crippen LogP contribution in [-0.2, 0) is 18.4 Å². The number of aryl methyl sites for hydroxylation is 1. The van der Waals surface area contributed by atoms with Crippen molar-refractivity contribution < 1.29 is 4.79 Å². The third-order valence-electron chi connectivity index (χ3n) is 6.55. The minimum Gasteiger partial charge on any atom is -0.384 e. The summed E-state index contributed by atoms with van der Waals surface area (Å²) in [7, 11) is 2.00. The van der Waals surface area contributed by atoms with Gasteiger partial charge in [0.05, 0.1) is 17.6 Å². The number of carbonyl (C=O) groups excluding carboxylic acids is 1. The molecule has 176 valence electrons. The number of halogens is 2. The number of alkyl halides is 1. The molecule has 3 aromatic rings. The molecule has 6 nitrogen and oxygen atoms in total. The van der Waals surface area contributed by atoms with Gasteiger partial charge in [-0.25, -0.2) is 4.98 Å². The maximum Gasteiger partial charge on any atom is 0.143 e. The SMILES string of the molecule is Cl.Cn1c(CNc2ccc(C(=N)N)cc2)nc2cc(C(CCCl)C(=O)C3CCCC3)ccc21. The number of Topliss-reactive ketones (excluding diaryl/α,β-unsaturated/α-hetero) is 1. The first-order chi connectivity index (χ1) is 15.5. The van der Waals surface area contributed by atoms with Crippen molar-refractivity contribution in [1.29, 1.82) is 5.41 Å². The number of aromatic nitrogens is 2. The van der Waals surface area contributed by atoms with Crippen LogP contribution >= 0.6 is 24.0 Å². The Morgan fingerprint density at radius 1 is 1.24 bits per heavy atom. The van der Waals surface area contributed by atoms with Gasteiger partial charge in [-0.3, -0.25) is 10.2 Å². The molecule has 1 unspecified atom stereocenters. The fourth-order valence-electron chi connectivity index (χ4n) is 4.67. The first kappa shape index (κ1) is 25.1. The third-order valence-corrected chi connectivity index (χ3v) is 6.76. The summed E-state index contributed by atoms with van der Waals surface area (Å²) in [6, 6.07) is 13.6. The monoisotopic (exact) mass is 487 g/mol. The normalized spacial score (nSPS) is 14.7. The van der Waals surface area contributed by atoms with E-state index in [9.17, 15) is 4.79 Å². The molecule has 0 bridgehead atoms.